The van der Waals surface area contributed by atoms with Crippen molar-refractivity contribution in [3.05, 3.63) is 89.5 Å². The molecule has 37 heavy (non-hydrogen) atoms. The minimum absolute atomic E-state index is 0.0823. The minimum atomic E-state index is -4.37. The topological polar surface area (TPSA) is 50.8 Å². The fourth-order valence-electron chi connectivity index (χ4n) is 4.16. The van der Waals surface area contributed by atoms with Crippen LogP contribution in [0.2, 0.25) is 0 Å². The summed E-state index contributed by atoms with van der Waals surface area (Å²) in [6.07, 6.45) is -3.29. The maximum absolute atomic E-state index is 13.2. The first-order chi connectivity index (χ1) is 17.6. The van der Waals surface area contributed by atoms with Crippen LogP contribution in [0.4, 0.5) is 18.9 Å². The Hall–Kier alpha value is -3.68. The molecule has 1 N–H and O–H groups in total. The first kappa shape index (κ1) is 27.9. The fraction of sp³-hybridized carbons (Fsp3) is 0.345. The number of carbonyl (C=O) groups excluding carboxylic acids is 1. The third kappa shape index (κ3) is 7.41. The quantitative estimate of drug-likeness (QED) is 0.321. The van der Waals surface area contributed by atoms with Crippen molar-refractivity contribution in [3.8, 4) is 11.5 Å². The molecule has 3 aromatic rings. The SMILES string of the molecule is CNC(=O)C(c1ccccc1)N(CCCc1ccc(C(F)(F)F)cc1)c1ccc(OC)c(OC(C)C)c1. The molecule has 3 rings (SSSR count). The van der Waals surface area contributed by atoms with Gasteiger partial charge in [0.2, 0.25) is 5.91 Å². The van der Waals surface area contributed by atoms with E-state index in [0.29, 0.717) is 30.9 Å². The van der Waals surface area contributed by atoms with Crippen LogP contribution in [0.5, 0.6) is 11.5 Å². The van der Waals surface area contributed by atoms with Crippen molar-refractivity contribution in [2.24, 2.45) is 0 Å². The molecule has 198 valence electrons. The van der Waals surface area contributed by atoms with E-state index in [9.17, 15) is 18.0 Å². The molecule has 3 aromatic carbocycles. The van der Waals surface area contributed by atoms with Crippen LogP contribution in [-0.2, 0) is 17.4 Å². The lowest BCUT2D eigenvalue weighted by molar-refractivity contribution is -0.137. The second kappa shape index (κ2) is 12.5. The molecular formula is C29H33F3N2O3. The summed E-state index contributed by atoms with van der Waals surface area (Å²) >= 11 is 0. The number of anilines is 1. The van der Waals surface area contributed by atoms with Crippen molar-refractivity contribution >= 4 is 11.6 Å². The Labute approximate surface area is 216 Å². The first-order valence-electron chi connectivity index (χ1n) is 12.2. The number of nitrogens with zero attached hydrogens (tertiary/aromatic N) is 1. The van der Waals surface area contributed by atoms with E-state index < -0.39 is 17.8 Å². The molecule has 0 bridgehead atoms. The van der Waals surface area contributed by atoms with Crippen LogP contribution in [0.25, 0.3) is 0 Å². The number of halogens is 3. The van der Waals surface area contributed by atoms with Gasteiger partial charge in [-0.25, -0.2) is 0 Å². The Morgan fingerprint density at radius 3 is 2.22 bits per heavy atom. The van der Waals surface area contributed by atoms with E-state index in [1.807, 2.05) is 67.3 Å². The van der Waals surface area contributed by atoms with Crippen molar-refractivity contribution < 1.29 is 27.4 Å². The molecular weight excluding hydrogens is 481 g/mol. The number of nitrogens with one attached hydrogen (secondary N) is 1. The van der Waals surface area contributed by atoms with Crippen molar-refractivity contribution in [3.63, 3.8) is 0 Å². The molecule has 0 radical (unpaired) electrons. The largest absolute Gasteiger partial charge is 0.493 e. The third-order valence-corrected chi connectivity index (χ3v) is 5.91. The molecule has 0 aliphatic carbocycles. The van der Waals surface area contributed by atoms with E-state index >= 15 is 0 Å². The average Bonchev–Trinajstić information content (AvgIpc) is 2.88. The van der Waals surface area contributed by atoms with Gasteiger partial charge in [0, 0.05) is 25.3 Å². The van der Waals surface area contributed by atoms with Gasteiger partial charge in [-0.2, -0.15) is 13.2 Å². The van der Waals surface area contributed by atoms with Crippen molar-refractivity contribution in [1.82, 2.24) is 5.32 Å². The summed E-state index contributed by atoms with van der Waals surface area (Å²) in [5.41, 5.74) is 1.71. The summed E-state index contributed by atoms with van der Waals surface area (Å²) < 4.78 is 50.2. The normalized spacial score (nSPS) is 12.2. The van der Waals surface area contributed by atoms with Crippen molar-refractivity contribution in [2.75, 3.05) is 25.6 Å². The number of carbonyl (C=O) groups is 1. The monoisotopic (exact) mass is 514 g/mol. The van der Waals surface area contributed by atoms with Gasteiger partial charge < -0.3 is 19.7 Å². The smallest absolute Gasteiger partial charge is 0.416 e. The van der Waals surface area contributed by atoms with E-state index in [0.717, 1.165) is 28.9 Å². The molecule has 0 heterocycles. The highest BCUT2D eigenvalue weighted by Crippen LogP contribution is 2.36. The van der Waals surface area contributed by atoms with E-state index in [-0.39, 0.29) is 12.0 Å². The predicted molar refractivity (Wildman–Crippen MR) is 139 cm³/mol. The summed E-state index contributed by atoms with van der Waals surface area (Å²) in [7, 11) is 3.17. The lowest BCUT2D eigenvalue weighted by Gasteiger charge is -2.33. The number of ether oxygens (including phenoxy) is 2. The molecule has 8 heteroatoms. The van der Waals surface area contributed by atoms with Gasteiger partial charge in [0.1, 0.15) is 6.04 Å². The summed E-state index contributed by atoms with van der Waals surface area (Å²) in [6.45, 7) is 4.32. The Morgan fingerprint density at radius 1 is 0.973 bits per heavy atom. The molecule has 0 saturated carbocycles. The summed E-state index contributed by atoms with van der Waals surface area (Å²) in [5, 5.41) is 2.77. The van der Waals surface area contributed by atoms with Gasteiger partial charge in [-0.15, -0.1) is 0 Å². The summed E-state index contributed by atoms with van der Waals surface area (Å²) in [5.74, 6) is 0.965. The zero-order chi connectivity index (χ0) is 27.0. The summed E-state index contributed by atoms with van der Waals surface area (Å²) in [4.78, 5) is 15.2. The molecule has 0 aromatic heterocycles. The van der Waals surface area contributed by atoms with Gasteiger partial charge in [-0.1, -0.05) is 42.5 Å². The van der Waals surface area contributed by atoms with Crippen LogP contribution in [0, 0.1) is 0 Å². The Balaban J connectivity index is 1.94. The molecule has 0 spiro atoms. The van der Waals surface area contributed by atoms with E-state index in [1.54, 1.807) is 14.2 Å². The van der Waals surface area contributed by atoms with E-state index in [4.69, 9.17) is 9.47 Å². The van der Waals surface area contributed by atoms with Crippen LogP contribution >= 0.6 is 0 Å². The van der Waals surface area contributed by atoms with Crippen LogP contribution < -0.4 is 19.7 Å². The number of methoxy groups -OCH3 is 1. The van der Waals surface area contributed by atoms with Gasteiger partial charge in [0.05, 0.1) is 18.8 Å². The number of hydrogen-bond acceptors (Lipinski definition) is 4. The number of likely N-dealkylation sites (N-methyl/N-ethyl adjacent to an activating group) is 1. The molecule has 0 aliphatic heterocycles. The predicted octanol–water partition coefficient (Wildman–Crippen LogP) is 6.43. The van der Waals surface area contributed by atoms with Gasteiger partial charge in [0.15, 0.2) is 11.5 Å². The number of aryl methyl sites for hydroxylation is 1. The first-order valence-corrected chi connectivity index (χ1v) is 12.2. The number of hydrogen-bond donors (Lipinski definition) is 1. The maximum atomic E-state index is 13.2. The lowest BCUT2D eigenvalue weighted by Crippen LogP contribution is -2.40. The molecule has 0 aliphatic rings. The van der Waals surface area contributed by atoms with Gasteiger partial charge >= 0.3 is 6.18 Å². The standard InChI is InChI=1S/C29H33F3N2O3/c1-20(2)37-26-19-24(16-17-25(26)36-4)34(27(28(35)33-3)22-10-6-5-7-11-22)18-8-9-21-12-14-23(15-13-21)29(30,31)32/h5-7,10-17,19-20,27H,8-9,18H2,1-4H3,(H,33,35). The second-order valence-electron chi connectivity index (χ2n) is 8.92. The maximum Gasteiger partial charge on any atom is 0.416 e. The molecule has 1 amide bonds. The fourth-order valence-corrected chi connectivity index (χ4v) is 4.16. The molecule has 5 nitrogen and oxygen atoms in total. The zero-order valence-electron chi connectivity index (χ0n) is 21.5. The Kier molecular flexibility index (Phi) is 9.44. The Bertz CT molecular complexity index is 1150. The average molecular weight is 515 g/mol. The van der Waals surface area contributed by atoms with Crippen molar-refractivity contribution in [1.29, 1.82) is 0 Å². The zero-order valence-corrected chi connectivity index (χ0v) is 21.5. The Morgan fingerprint density at radius 2 is 1.65 bits per heavy atom. The van der Waals surface area contributed by atoms with E-state index in [1.165, 1.54) is 12.1 Å². The van der Waals surface area contributed by atoms with Crippen molar-refractivity contribution in [2.45, 2.75) is 45.0 Å². The van der Waals surface area contributed by atoms with Crippen LogP contribution in [0.3, 0.4) is 0 Å². The highest BCUT2D eigenvalue weighted by atomic mass is 19.4. The lowest BCUT2D eigenvalue weighted by atomic mass is 10.0. The van der Waals surface area contributed by atoms with Crippen LogP contribution in [0.1, 0.15) is 43.0 Å². The number of benzene rings is 3. The molecule has 1 atom stereocenters. The number of amides is 1. The summed E-state index contributed by atoms with van der Waals surface area (Å²) in [6, 6.07) is 19.6. The highest BCUT2D eigenvalue weighted by Gasteiger charge is 2.30. The van der Waals surface area contributed by atoms with E-state index in [2.05, 4.69) is 5.32 Å². The van der Waals surface area contributed by atoms with Crippen LogP contribution in [-0.4, -0.2) is 32.7 Å². The molecule has 1 unspecified atom stereocenters. The van der Waals surface area contributed by atoms with Gasteiger partial charge in [0.25, 0.3) is 0 Å². The third-order valence-electron chi connectivity index (χ3n) is 5.91. The second-order valence-corrected chi connectivity index (χ2v) is 8.92. The van der Waals surface area contributed by atoms with Gasteiger partial charge in [-0.05, 0) is 62.1 Å². The molecule has 0 fully saturated rings. The number of alkyl halides is 3. The van der Waals surface area contributed by atoms with Crippen LogP contribution in [0.15, 0.2) is 72.8 Å². The minimum Gasteiger partial charge on any atom is -0.493 e. The number of rotatable bonds is 11. The molecule has 0 saturated heterocycles. The van der Waals surface area contributed by atoms with Gasteiger partial charge in [-0.3, -0.25) is 4.79 Å². The highest BCUT2D eigenvalue weighted by molar-refractivity contribution is 5.86.